The number of piperidine rings is 1. The van der Waals surface area contributed by atoms with Crippen molar-refractivity contribution in [1.29, 1.82) is 0 Å². The van der Waals surface area contributed by atoms with Gasteiger partial charge in [-0.2, -0.15) is 0 Å². The third kappa shape index (κ3) is 4.78. The average molecular weight is 480 g/mol. The molecule has 170 valence electrons. The van der Waals surface area contributed by atoms with Gasteiger partial charge < -0.3 is 0 Å². The van der Waals surface area contributed by atoms with Gasteiger partial charge in [-0.1, -0.05) is 36.8 Å². The van der Waals surface area contributed by atoms with Gasteiger partial charge in [0.05, 0.1) is 10.4 Å². The molecule has 0 saturated carbocycles. The molecule has 3 heterocycles. The van der Waals surface area contributed by atoms with Crippen molar-refractivity contribution in [3.05, 3.63) is 87.0 Å². The van der Waals surface area contributed by atoms with Crippen LogP contribution in [0.3, 0.4) is 0 Å². The van der Waals surface area contributed by atoms with E-state index in [0.717, 1.165) is 36.1 Å². The number of benzene rings is 2. The fraction of sp³-hybridized carbons (Fsp3) is 0.280. The lowest BCUT2D eigenvalue weighted by atomic mass is 10.1. The second-order valence-electron chi connectivity index (χ2n) is 8.41. The van der Waals surface area contributed by atoms with Crippen LogP contribution in [-0.2, 0) is 22.1 Å². The van der Waals surface area contributed by atoms with E-state index in [2.05, 4.69) is 22.0 Å². The summed E-state index contributed by atoms with van der Waals surface area (Å²) in [6.07, 6.45) is 3.75. The van der Waals surface area contributed by atoms with Crippen LogP contribution < -0.4 is 5.56 Å². The lowest BCUT2D eigenvalue weighted by Crippen LogP contribution is -2.29. The molecule has 0 unspecified atom stereocenters. The molecule has 4 aromatic rings. The van der Waals surface area contributed by atoms with Gasteiger partial charge in [-0.15, -0.1) is 11.3 Å². The number of rotatable bonds is 6. The fourth-order valence-electron chi connectivity index (χ4n) is 4.33. The Labute approximate surface area is 197 Å². The van der Waals surface area contributed by atoms with E-state index in [9.17, 15) is 13.2 Å². The van der Waals surface area contributed by atoms with Crippen molar-refractivity contribution in [1.82, 2.24) is 14.5 Å². The van der Waals surface area contributed by atoms with E-state index in [-0.39, 0.29) is 16.2 Å². The van der Waals surface area contributed by atoms with Gasteiger partial charge in [0.2, 0.25) is 0 Å². The van der Waals surface area contributed by atoms with Gasteiger partial charge in [-0.25, -0.2) is 13.4 Å². The first kappa shape index (κ1) is 22.0. The molecule has 1 saturated heterocycles. The summed E-state index contributed by atoms with van der Waals surface area (Å²) >= 11 is 1.26. The van der Waals surface area contributed by atoms with E-state index in [0.29, 0.717) is 10.8 Å². The molecule has 0 atom stereocenters. The SMILES string of the molecule is O=c1ccc2ccc(CN3CCCCC3)cc2n1-c1csc(CS(=O)(=O)c2ccccc2)n1. The van der Waals surface area contributed by atoms with E-state index in [1.165, 1.54) is 36.7 Å². The van der Waals surface area contributed by atoms with Gasteiger partial charge in [-0.05, 0) is 61.1 Å². The molecule has 6 nitrogen and oxygen atoms in total. The molecule has 0 aliphatic carbocycles. The smallest absolute Gasteiger partial charge is 0.256 e. The summed E-state index contributed by atoms with van der Waals surface area (Å²) in [5.41, 5.74) is 1.77. The second-order valence-corrected chi connectivity index (χ2v) is 11.3. The zero-order chi connectivity index (χ0) is 22.8. The number of nitrogens with zero attached hydrogens (tertiary/aromatic N) is 3. The summed E-state index contributed by atoms with van der Waals surface area (Å²) in [7, 11) is -3.50. The van der Waals surface area contributed by atoms with E-state index in [1.54, 1.807) is 40.3 Å². The fourth-order valence-corrected chi connectivity index (χ4v) is 6.74. The maximum atomic E-state index is 12.8. The van der Waals surface area contributed by atoms with Crippen LogP contribution in [0.4, 0.5) is 0 Å². The van der Waals surface area contributed by atoms with Crippen molar-refractivity contribution >= 4 is 32.1 Å². The summed E-state index contributed by atoms with van der Waals surface area (Å²) in [5.74, 6) is 0.269. The van der Waals surface area contributed by atoms with Crippen molar-refractivity contribution in [2.45, 2.75) is 36.5 Å². The zero-order valence-electron chi connectivity index (χ0n) is 18.2. The molecule has 1 aliphatic heterocycles. The highest BCUT2D eigenvalue weighted by molar-refractivity contribution is 7.90. The number of likely N-dealkylation sites (tertiary alicyclic amines) is 1. The lowest BCUT2D eigenvalue weighted by Gasteiger charge is -2.26. The number of fused-ring (bicyclic) bond motifs is 1. The minimum absolute atomic E-state index is 0.180. The largest absolute Gasteiger partial charge is 0.299 e. The number of aromatic nitrogens is 2. The van der Waals surface area contributed by atoms with Gasteiger partial charge in [-0.3, -0.25) is 14.3 Å². The van der Waals surface area contributed by atoms with Gasteiger partial charge in [0, 0.05) is 18.0 Å². The Balaban J connectivity index is 1.48. The van der Waals surface area contributed by atoms with Crippen molar-refractivity contribution in [2.24, 2.45) is 0 Å². The molecular formula is C25H25N3O3S2. The summed E-state index contributed by atoms with van der Waals surface area (Å²) in [4.78, 5) is 20.1. The molecule has 2 aromatic heterocycles. The highest BCUT2D eigenvalue weighted by Gasteiger charge is 2.19. The van der Waals surface area contributed by atoms with Crippen molar-refractivity contribution < 1.29 is 8.42 Å². The predicted octanol–water partition coefficient (Wildman–Crippen LogP) is 4.41. The molecule has 33 heavy (non-hydrogen) atoms. The van der Waals surface area contributed by atoms with Crippen LogP contribution in [0.2, 0.25) is 0 Å². The molecule has 0 spiro atoms. The Morgan fingerprint density at radius 2 is 1.70 bits per heavy atom. The standard InChI is InChI=1S/C25H25N3O3S2/c29-25-12-11-20-10-9-19(16-27-13-5-2-6-14-27)15-22(20)28(25)23-17-32-24(26-23)18-33(30,31)21-7-3-1-4-8-21/h1,3-4,7-12,15,17H,2,5-6,13-14,16,18H2. The quantitative estimate of drug-likeness (QED) is 0.410. The number of hydrogen-bond donors (Lipinski definition) is 0. The molecular weight excluding hydrogens is 454 g/mol. The topological polar surface area (TPSA) is 72.3 Å². The number of sulfone groups is 1. The molecule has 1 fully saturated rings. The third-order valence-corrected chi connectivity index (χ3v) is 8.66. The number of hydrogen-bond acceptors (Lipinski definition) is 6. The normalized spacial score (nSPS) is 15.2. The van der Waals surface area contributed by atoms with E-state index in [4.69, 9.17) is 0 Å². The monoisotopic (exact) mass is 479 g/mol. The number of pyridine rings is 1. The predicted molar refractivity (Wildman–Crippen MR) is 132 cm³/mol. The van der Waals surface area contributed by atoms with Crippen LogP contribution in [0.5, 0.6) is 0 Å². The maximum absolute atomic E-state index is 12.8. The zero-order valence-corrected chi connectivity index (χ0v) is 19.8. The minimum Gasteiger partial charge on any atom is -0.299 e. The lowest BCUT2D eigenvalue weighted by molar-refractivity contribution is 0.221. The van der Waals surface area contributed by atoms with Crippen molar-refractivity contribution in [3.8, 4) is 5.82 Å². The van der Waals surface area contributed by atoms with Crippen molar-refractivity contribution in [3.63, 3.8) is 0 Å². The Morgan fingerprint density at radius 3 is 2.48 bits per heavy atom. The molecule has 0 N–H and O–H groups in total. The Morgan fingerprint density at radius 1 is 0.939 bits per heavy atom. The van der Waals surface area contributed by atoms with Gasteiger partial charge in [0.15, 0.2) is 15.7 Å². The Bertz CT molecular complexity index is 1440. The molecule has 5 rings (SSSR count). The maximum Gasteiger partial charge on any atom is 0.256 e. The Kier molecular flexibility index (Phi) is 6.14. The van der Waals surface area contributed by atoms with Crippen LogP contribution >= 0.6 is 11.3 Å². The Hall–Kier alpha value is -2.81. The van der Waals surface area contributed by atoms with E-state index in [1.807, 2.05) is 12.1 Å². The summed E-state index contributed by atoms with van der Waals surface area (Å²) in [6.45, 7) is 3.06. The van der Waals surface area contributed by atoms with Crippen LogP contribution in [0, 0.1) is 0 Å². The summed E-state index contributed by atoms with van der Waals surface area (Å²) in [5, 5.41) is 3.17. The molecule has 0 radical (unpaired) electrons. The minimum atomic E-state index is -3.50. The average Bonchev–Trinajstić information content (AvgIpc) is 3.27. The van der Waals surface area contributed by atoms with Crippen LogP contribution in [0.15, 0.2) is 75.7 Å². The number of thiazole rings is 1. The van der Waals surface area contributed by atoms with Gasteiger partial charge in [0.25, 0.3) is 5.56 Å². The molecule has 8 heteroatoms. The molecule has 0 bridgehead atoms. The molecule has 1 aliphatic rings. The first-order chi connectivity index (χ1) is 16.0. The van der Waals surface area contributed by atoms with E-state index >= 15 is 0 Å². The molecule has 2 aromatic carbocycles. The van der Waals surface area contributed by atoms with Crippen LogP contribution in [0.1, 0.15) is 29.8 Å². The van der Waals surface area contributed by atoms with Crippen LogP contribution in [0.25, 0.3) is 16.7 Å². The molecule has 0 amide bonds. The highest BCUT2D eigenvalue weighted by atomic mass is 32.2. The van der Waals surface area contributed by atoms with Gasteiger partial charge >= 0.3 is 0 Å². The summed E-state index contributed by atoms with van der Waals surface area (Å²) < 4.78 is 27.1. The van der Waals surface area contributed by atoms with Crippen LogP contribution in [-0.4, -0.2) is 36.0 Å². The second kappa shape index (κ2) is 9.21. The van der Waals surface area contributed by atoms with E-state index < -0.39 is 9.84 Å². The highest BCUT2D eigenvalue weighted by Crippen LogP contribution is 2.24. The third-order valence-electron chi connectivity index (χ3n) is 6.00. The first-order valence-electron chi connectivity index (χ1n) is 11.1. The summed E-state index contributed by atoms with van der Waals surface area (Å²) in [6, 6.07) is 17.9. The first-order valence-corrected chi connectivity index (χ1v) is 13.6. The van der Waals surface area contributed by atoms with Gasteiger partial charge in [0.1, 0.15) is 10.8 Å². The van der Waals surface area contributed by atoms with Crippen molar-refractivity contribution in [2.75, 3.05) is 13.1 Å².